The number of carbonyl (C=O) groups excluding carboxylic acids is 2. The Balaban J connectivity index is 2.36. The number of aromatic hydroxyl groups is 2. The topological polar surface area (TPSA) is 74.6 Å². The van der Waals surface area contributed by atoms with Crippen LogP contribution < -0.4 is 0 Å². The van der Waals surface area contributed by atoms with E-state index in [1.54, 1.807) is 37.3 Å². The minimum absolute atomic E-state index is 0.0198. The van der Waals surface area contributed by atoms with Gasteiger partial charge in [0.2, 0.25) is 0 Å². The monoisotopic (exact) mass is 268 g/mol. The van der Waals surface area contributed by atoms with E-state index in [0.29, 0.717) is 16.7 Å². The number of ketones is 2. The lowest BCUT2D eigenvalue weighted by molar-refractivity contribution is 0.0984. The second-order valence-corrected chi connectivity index (χ2v) is 4.90. The fourth-order valence-corrected chi connectivity index (χ4v) is 2.58. The first-order valence-corrected chi connectivity index (χ1v) is 6.22. The molecule has 0 bridgehead atoms. The molecule has 1 aliphatic carbocycles. The molecular formula is C16H12O4. The Morgan fingerprint density at radius 2 is 1.65 bits per heavy atom. The van der Waals surface area contributed by atoms with Gasteiger partial charge in [-0.05, 0) is 18.1 Å². The fourth-order valence-electron chi connectivity index (χ4n) is 2.58. The molecule has 0 atom stereocenters. The molecular weight excluding hydrogens is 256 g/mol. The predicted molar refractivity (Wildman–Crippen MR) is 72.4 cm³/mol. The van der Waals surface area contributed by atoms with E-state index in [1.807, 2.05) is 0 Å². The molecule has 4 nitrogen and oxygen atoms in total. The Morgan fingerprint density at radius 3 is 2.35 bits per heavy atom. The Morgan fingerprint density at radius 1 is 1.00 bits per heavy atom. The van der Waals surface area contributed by atoms with Crippen LogP contribution in [0, 0.1) is 6.92 Å². The average molecular weight is 268 g/mol. The van der Waals surface area contributed by atoms with E-state index >= 15 is 0 Å². The molecule has 0 unspecified atom stereocenters. The van der Waals surface area contributed by atoms with Crippen molar-refractivity contribution in [3.8, 4) is 11.5 Å². The first kappa shape index (κ1) is 12.4. The van der Waals surface area contributed by atoms with Crippen LogP contribution in [-0.2, 0) is 6.42 Å². The van der Waals surface area contributed by atoms with Crippen molar-refractivity contribution in [3.63, 3.8) is 0 Å². The number of hydrogen-bond donors (Lipinski definition) is 2. The number of phenols is 2. The zero-order valence-electron chi connectivity index (χ0n) is 10.8. The van der Waals surface area contributed by atoms with Crippen LogP contribution in [0.4, 0.5) is 0 Å². The van der Waals surface area contributed by atoms with Crippen molar-refractivity contribution in [1.29, 1.82) is 0 Å². The molecule has 2 aromatic carbocycles. The van der Waals surface area contributed by atoms with E-state index in [4.69, 9.17) is 0 Å². The predicted octanol–water partition coefficient (Wildman–Crippen LogP) is 2.38. The maximum atomic E-state index is 12.5. The highest BCUT2D eigenvalue weighted by molar-refractivity contribution is 6.20. The number of phenolic OH excluding ortho intramolecular Hbond substituents is 2. The molecule has 0 aromatic heterocycles. The lowest BCUT2D eigenvalue weighted by Gasteiger charge is -2.11. The normalized spacial score (nSPS) is 13.7. The van der Waals surface area contributed by atoms with Crippen LogP contribution >= 0.6 is 0 Å². The molecule has 4 heteroatoms. The summed E-state index contributed by atoms with van der Waals surface area (Å²) in [4.78, 5) is 24.8. The minimum Gasteiger partial charge on any atom is -0.504 e. The summed E-state index contributed by atoms with van der Waals surface area (Å²) < 4.78 is 0. The first-order chi connectivity index (χ1) is 9.50. The molecule has 0 aliphatic heterocycles. The summed E-state index contributed by atoms with van der Waals surface area (Å²) in [5, 5.41) is 19.8. The van der Waals surface area contributed by atoms with Crippen molar-refractivity contribution in [2.75, 3.05) is 0 Å². The average Bonchev–Trinajstić information content (AvgIpc) is 2.53. The maximum absolute atomic E-state index is 12.5. The lowest BCUT2D eigenvalue weighted by Crippen LogP contribution is -2.05. The molecule has 1 aliphatic rings. The molecule has 0 amide bonds. The Bertz CT molecular complexity index is 759. The van der Waals surface area contributed by atoms with Gasteiger partial charge in [-0.2, -0.15) is 0 Å². The van der Waals surface area contributed by atoms with Gasteiger partial charge in [0.15, 0.2) is 23.1 Å². The van der Waals surface area contributed by atoms with Crippen molar-refractivity contribution < 1.29 is 19.8 Å². The highest BCUT2D eigenvalue weighted by atomic mass is 16.3. The number of benzene rings is 2. The number of carbonyl (C=O) groups is 2. The first-order valence-electron chi connectivity index (χ1n) is 6.22. The zero-order valence-corrected chi connectivity index (χ0v) is 10.8. The van der Waals surface area contributed by atoms with Crippen molar-refractivity contribution in [2.45, 2.75) is 13.3 Å². The van der Waals surface area contributed by atoms with Crippen LogP contribution in [-0.4, -0.2) is 21.8 Å². The second-order valence-electron chi connectivity index (χ2n) is 4.90. The van der Waals surface area contributed by atoms with Crippen molar-refractivity contribution in [2.24, 2.45) is 0 Å². The number of fused-ring (bicyclic) bond motifs is 2. The summed E-state index contributed by atoms with van der Waals surface area (Å²) in [6.45, 7) is 1.61. The largest absolute Gasteiger partial charge is 0.504 e. The molecule has 0 saturated carbocycles. The molecule has 0 radical (unpaired) electrons. The Kier molecular flexibility index (Phi) is 2.61. The van der Waals surface area contributed by atoms with Gasteiger partial charge >= 0.3 is 0 Å². The van der Waals surface area contributed by atoms with Crippen LogP contribution in [0.2, 0.25) is 0 Å². The molecule has 2 aromatic rings. The molecule has 0 saturated heterocycles. The van der Waals surface area contributed by atoms with E-state index in [0.717, 1.165) is 0 Å². The quantitative estimate of drug-likeness (QED) is 0.719. The summed E-state index contributed by atoms with van der Waals surface area (Å²) in [6.07, 6.45) is 0.0345. The number of hydrogen-bond acceptors (Lipinski definition) is 4. The van der Waals surface area contributed by atoms with E-state index in [1.165, 1.54) is 0 Å². The van der Waals surface area contributed by atoms with Gasteiger partial charge < -0.3 is 10.2 Å². The Labute approximate surface area is 115 Å². The van der Waals surface area contributed by atoms with Gasteiger partial charge in [-0.1, -0.05) is 30.3 Å². The van der Waals surface area contributed by atoms with Gasteiger partial charge in [-0.3, -0.25) is 9.59 Å². The van der Waals surface area contributed by atoms with Gasteiger partial charge in [-0.25, -0.2) is 0 Å². The van der Waals surface area contributed by atoms with Gasteiger partial charge in [0.05, 0.1) is 5.56 Å². The minimum atomic E-state index is -0.450. The van der Waals surface area contributed by atoms with E-state index in [9.17, 15) is 19.8 Å². The molecule has 0 fully saturated rings. The summed E-state index contributed by atoms with van der Waals surface area (Å²) in [5.74, 6) is -1.37. The Hall–Kier alpha value is -2.62. The fraction of sp³-hybridized carbons (Fsp3) is 0.125. The van der Waals surface area contributed by atoms with E-state index in [-0.39, 0.29) is 29.1 Å². The number of aryl methyl sites for hydroxylation is 1. The van der Waals surface area contributed by atoms with Crippen molar-refractivity contribution in [1.82, 2.24) is 0 Å². The standard InChI is InChI=1S/C16H12O4/c1-8-6-9-7-12(17)10-4-2-3-5-11(10)15(19)13(9)16(20)14(8)18/h2-6,18,20H,7H2,1H3. The van der Waals surface area contributed by atoms with E-state index in [2.05, 4.69) is 0 Å². The molecule has 0 spiro atoms. The highest BCUT2D eigenvalue weighted by Gasteiger charge is 2.29. The third-order valence-corrected chi connectivity index (χ3v) is 3.60. The van der Waals surface area contributed by atoms with E-state index < -0.39 is 11.5 Å². The van der Waals surface area contributed by atoms with Crippen LogP contribution in [0.3, 0.4) is 0 Å². The molecule has 20 heavy (non-hydrogen) atoms. The zero-order chi connectivity index (χ0) is 14.4. The smallest absolute Gasteiger partial charge is 0.197 e. The third kappa shape index (κ3) is 1.61. The lowest BCUT2D eigenvalue weighted by atomic mass is 9.96. The third-order valence-electron chi connectivity index (χ3n) is 3.60. The summed E-state index contributed by atoms with van der Waals surface area (Å²) in [5.41, 5.74) is 1.52. The molecule has 0 heterocycles. The van der Waals surface area contributed by atoms with Crippen molar-refractivity contribution >= 4 is 11.6 Å². The van der Waals surface area contributed by atoms with Crippen LogP contribution in [0.25, 0.3) is 0 Å². The van der Waals surface area contributed by atoms with Crippen LogP contribution in [0.15, 0.2) is 30.3 Å². The SMILES string of the molecule is Cc1cc2c(c(O)c1O)C(=O)c1ccccc1C(=O)C2. The molecule has 3 rings (SSSR count). The van der Waals surface area contributed by atoms with Gasteiger partial charge in [0.25, 0.3) is 0 Å². The van der Waals surface area contributed by atoms with Crippen LogP contribution in [0.1, 0.15) is 37.4 Å². The second kappa shape index (κ2) is 4.20. The van der Waals surface area contributed by atoms with Crippen molar-refractivity contribution in [3.05, 3.63) is 58.1 Å². The van der Waals surface area contributed by atoms with Gasteiger partial charge in [0, 0.05) is 17.5 Å². The van der Waals surface area contributed by atoms with Gasteiger partial charge in [0.1, 0.15) is 0 Å². The molecule has 100 valence electrons. The number of rotatable bonds is 0. The molecule has 2 N–H and O–H groups in total. The van der Waals surface area contributed by atoms with Gasteiger partial charge in [-0.15, -0.1) is 0 Å². The summed E-state index contributed by atoms with van der Waals surface area (Å²) in [7, 11) is 0. The summed E-state index contributed by atoms with van der Waals surface area (Å²) >= 11 is 0. The maximum Gasteiger partial charge on any atom is 0.197 e. The highest BCUT2D eigenvalue weighted by Crippen LogP contribution is 2.38. The summed E-state index contributed by atoms with van der Waals surface area (Å²) in [6, 6.07) is 8.10. The number of Topliss-reactive ketones (excluding diaryl/α,β-unsaturated/α-hetero) is 1. The van der Waals surface area contributed by atoms with Crippen LogP contribution in [0.5, 0.6) is 11.5 Å².